The van der Waals surface area contributed by atoms with Crippen LogP contribution in [0.15, 0.2) is 29.2 Å². The molecule has 9 heteroatoms. The van der Waals surface area contributed by atoms with Crippen molar-refractivity contribution < 1.29 is 32.3 Å². The zero-order chi connectivity index (χ0) is 20.0. The predicted octanol–water partition coefficient (Wildman–Crippen LogP) is 1.05. The van der Waals surface area contributed by atoms with Gasteiger partial charge in [-0.25, -0.2) is 13.2 Å². The fourth-order valence-corrected chi connectivity index (χ4v) is 3.45. The van der Waals surface area contributed by atoms with E-state index in [4.69, 9.17) is 9.47 Å². The van der Waals surface area contributed by atoms with Crippen molar-refractivity contribution in [3.8, 4) is 0 Å². The molecule has 2 rings (SSSR count). The lowest BCUT2D eigenvalue weighted by molar-refractivity contribution is -0.151. The molecular weight excluding hydrogens is 374 g/mol. The molecule has 0 radical (unpaired) electrons. The van der Waals surface area contributed by atoms with Crippen LogP contribution in [0.1, 0.15) is 30.1 Å². The van der Waals surface area contributed by atoms with E-state index in [1.807, 2.05) is 0 Å². The number of carbonyl (C=O) groups excluding carboxylic acids is 3. The molecule has 0 spiro atoms. The molecule has 1 fully saturated rings. The molecule has 0 unspecified atom stereocenters. The van der Waals surface area contributed by atoms with E-state index in [2.05, 4.69) is 0 Å². The van der Waals surface area contributed by atoms with Gasteiger partial charge < -0.3 is 14.4 Å². The summed E-state index contributed by atoms with van der Waals surface area (Å²) in [5, 5.41) is 0. The molecular formula is C18H23NO7S. The van der Waals surface area contributed by atoms with Crippen LogP contribution in [0.4, 0.5) is 0 Å². The largest absolute Gasteiger partial charge is 0.466 e. The molecule has 0 aliphatic carbocycles. The Morgan fingerprint density at radius 2 is 1.81 bits per heavy atom. The molecule has 8 nitrogen and oxygen atoms in total. The van der Waals surface area contributed by atoms with Crippen LogP contribution in [0.3, 0.4) is 0 Å². The number of carbonyl (C=O) groups is 3. The van der Waals surface area contributed by atoms with E-state index >= 15 is 0 Å². The van der Waals surface area contributed by atoms with Gasteiger partial charge in [0.15, 0.2) is 16.4 Å². The van der Waals surface area contributed by atoms with Crippen LogP contribution in [0.5, 0.6) is 0 Å². The number of hydrogen-bond donors (Lipinski definition) is 0. The summed E-state index contributed by atoms with van der Waals surface area (Å²) in [6, 6.07) is 5.46. The maximum Gasteiger partial charge on any atom is 0.338 e. The highest BCUT2D eigenvalue weighted by atomic mass is 32.2. The van der Waals surface area contributed by atoms with Gasteiger partial charge in [0.2, 0.25) is 0 Å². The van der Waals surface area contributed by atoms with Crippen LogP contribution in [-0.4, -0.2) is 63.7 Å². The maximum absolute atomic E-state index is 12.2. The number of ether oxygens (including phenoxy) is 2. The van der Waals surface area contributed by atoms with Gasteiger partial charge in [0.05, 0.1) is 23.0 Å². The van der Waals surface area contributed by atoms with E-state index in [1.165, 1.54) is 29.2 Å². The number of sulfone groups is 1. The summed E-state index contributed by atoms with van der Waals surface area (Å²) in [6.07, 6.45) is 2.06. The first-order valence-electron chi connectivity index (χ1n) is 8.64. The van der Waals surface area contributed by atoms with Crippen molar-refractivity contribution in [3.05, 3.63) is 29.8 Å². The van der Waals surface area contributed by atoms with E-state index < -0.39 is 22.4 Å². The van der Waals surface area contributed by atoms with Crippen molar-refractivity contribution in [1.82, 2.24) is 4.90 Å². The van der Waals surface area contributed by atoms with Gasteiger partial charge in [-0.05, 0) is 38.0 Å². The Morgan fingerprint density at radius 1 is 1.15 bits per heavy atom. The van der Waals surface area contributed by atoms with Gasteiger partial charge in [-0.3, -0.25) is 9.59 Å². The van der Waals surface area contributed by atoms with Crippen LogP contribution >= 0.6 is 0 Å². The lowest BCUT2D eigenvalue weighted by Gasteiger charge is -2.30. The third-order valence-corrected chi connectivity index (χ3v) is 5.40. The average Bonchev–Trinajstić information content (AvgIpc) is 2.65. The van der Waals surface area contributed by atoms with Crippen LogP contribution in [0.25, 0.3) is 0 Å². The monoisotopic (exact) mass is 397 g/mol. The van der Waals surface area contributed by atoms with E-state index in [-0.39, 0.29) is 28.3 Å². The van der Waals surface area contributed by atoms with Gasteiger partial charge in [-0.1, -0.05) is 6.07 Å². The quantitative estimate of drug-likeness (QED) is 0.660. The molecule has 27 heavy (non-hydrogen) atoms. The Labute approximate surface area is 158 Å². The molecule has 1 aromatic carbocycles. The Balaban J connectivity index is 1.86. The molecule has 1 saturated heterocycles. The minimum absolute atomic E-state index is 0.00399. The first-order valence-corrected chi connectivity index (χ1v) is 10.5. The van der Waals surface area contributed by atoms with Gasteiger partial charge in [-0.15, -0.1) is 0 Å². The Morgan fingerprint density at radius 3 is 2.41 bits per heavy atom. The fourth-order valence-electron chi connectivity index (χ4n) is 2.78. The number of esters is 2. The number of piperidine rings is 1. The van der Waals surface area contributed by atoms with Gasteiger partial charge in [0.25, 0.3) is 5.91 Å². The van der Waals surface area contributed by atoms with Gasteiger partial charge in [0.1, 0.15) is 0 Å². The zero-order valence-electron chi connectivity index (χ0n) is 15.3. The summed E-state index contributed by atoms with van der Waals surface area (Å²) < 4.78 is 33.1. The standard InChI is InChI=1S/C18H23NO7S/c1-3-25-17(21)13-7-9-19(10-8-13)16(20)12-26-18(22)14-5-4-6-15(11-14)27(2,23)24/h4-6,11,13H,3,7-10,12H2,1-2H3. The minimum Gasteiger partial charge on any atom is -0.466 e. The summed E-state index contributed by atoms with van der Waals surface area (Å²) in [5.41, 5.74) is 0.0618. The first kappa shape index (κ1) is 20.9. The third kappa shape index (κ3) is 5.78. The Kier molecular flexibility index (Phi) is 6.95. The Hall–Kier alpha value is -2.42. The number of likely N-dealkylation sites (tertiary alicyclic amines) is 1. The second-order valence-electron chi connectivity index (χ2n) is 6.28. The van der Waals surface area contributed by atoms with E-state index in [0.717, 1.165) is 6.26 Å². The van der Waals surface area contributed by atoms with Crippen LogP contribution in [-0.2, 0) is 28.9 Å². The molecule has 1 amide bonds. The van der Waals surface area contributed by atoms with Crippen molar-refractivity contribution >= 4 is 27.7 Å². The highest BCUT2D eigenvalue weighted by Gasteiger charge is 2.28. The molecule has 1 aromatic rings. The molecule has 0 bridgehead atoms. The molecule has 1 aliphatic heterocycles. The van der Waals surface area contributed by atoms with E-state index in [1.54, 1.807) is 6.92 Å². The molecule has 1 aliphatic rings. The normalized spacial score (nSPS) is 15.3. The minimum atomic E-state index is -3.44. The summed E-state index contributed by atoms with van der Waals surface area (Å²) in [7, 11) is -3.44. The van der Waals surface area contributed by atoms with E-state index in [0.29, 0.717) is 32.5 Å². The number of benzene rings is 1. The first-order chi connectivity index (χ1) is 12.7. The molecule has 0 N–H and O–H groups in total. The van der Waals surface area contributed by atoms with Crippen LogP contribution < -0.4 is 0 Å². The van der Waals surface area contributed by atoms with Gasteiger partial charge >= 0.3 is 11.9 Å². The molecule has 0 aromatic heterocycles. The lowest BCUT2D eigenvalue weighted by atomic mass is 9.97. The maximum atomic E-state index is 12.2. The van der Waals surface area contributed by atoms with Crippen LogP contribution in [0, 0.1) is 5.92 Å². The summed E-state index contributed by atoms with van der Waals surface area (Å²) in [4.78, 5) is 37.5. The van der Waals surface area contributed by atoms with Crippen molar-refractivity contribution in [2.45, 2.75) is 24.7 Å². The molecule has 148 valence electrons. The number of rotatable bonds is 6. The predicted molar refractivity (Wildman–Crippen MR) is 95.8 cm³/mol. The number of amides is 1. The molecule has 1 heterocycles. The SMILES string of the molecule is CCOC(=O)C1CCN(C(=O)COC(=O)c2cccc(S(C)(=O)=O)c2)CC1. The van der Waals surface area contributed by atoms with Crippen LogP contribution in [0.2, 0.25) is 0 Å². The van der Waals surface area contributed by atoms with Crippen molar-refractivity contribution in [3.63, 3.8) is 0 Å². The second-order valence-corrected chi connectivity index (χ2v) is 8.30. The molecule has 0 atom stereocenters. The van der Waals surface area contributed by atoms with Gasteiger partial charge in [0, 0.05) is 19.3 Å². The fraction of sp³-hybridized carbons (Fsp3) is 0.500. The number of nitrogens with zero attached hydrogens (tertiary/aromatic N) is 1. The topological polar surface area (TPSA) is 107 Å². The smallest absolute Gasteiger partial charge is 0.338 e. The van der Waals surface area contributed by atoms with Gasteiger partial charge in [-0.2, -0.15) is 0 Å². The second kappa shape index (κ2) is 8.98. The summed E-state index contributed by atoms with van der Waals surface area (Å²) in [6.45, 7) is 2.42. The Bertz CT molecular complexity index is 811. The van der Waals surface area contributed by atoms with Crippen molar-refractivity contribution in [2.75, 3.05) is 32.6 Å². The highest BCUT2D eigenvalue weighted by molar-refractivity contribution is 7.90. The van der Waals surface area contributed by atoms with Crippen molar-refractivity contribution in [1.29, 1.82) is 0 Å². The summed E-state index contributed by atoms with van der Waals surface area (Å²) in [5.74, 6) is -1.59. The lowest BCUT2D eigenvalue weighted by Crippen LogP contribution is -2.42. The number of hydrogen-bond acceptors (Lipinski definition) is 7. The summed E-state index contributed by atoms with van der Waals surface area (Å²) >= 11 is 0. The highest BCUT2D eigenvalue weighted by Crippen LogP contribution is 2.19. The molecule has 0 saturated carbocycles. The van der Waals surface area contributed by atoms with E-state index in [9.17, 15) is 22.8 Å². The van der Waals surface area contributed by atoms with Crippen molar-refractivity contribution in [2.24, 2.45) is 5.92 Å². The third-order valence-electron chi connectivity index (χ3n) is 4.29. The zero-order valence-corrected chi connectivity index (χ0v) is 16.2. The average molecular weight is 397 g/mol.